The van der Waals surface area contributed by atoms with Crippen molar-refractivity contribution in [3.8, 4) is 0 Å². The van der Waals surface area contributed by atoms with Gasteiger partial charge in [0.2, 0.25) is 5.95 Å². The van der Waals surface area contributed by atoms with E-state index in [4.69, 9.17) is 5.84 Å². The maximum Gasteiger partial charge on any atom is 0.215 e. The Balaban J connectivity index is 3.09. The maximum absolute atomic E-state index is 12.4. The molecule has 0 aliphatic heterocycles. The molecule has 54 valence electrons. The highest BCUT2D eigenvalue weighted by Gasteiger charge is 2.01. The first kappa shape index (κ1) is 6.88. The van der Waals surface area contributed by atoms with E-state index in [1.54, 1.807) is 0 Å². The average Bonchev–Trinajstić information content (AvgIpc) is 1.94. The molecule has 0 aromatic carbocycles. The van der Waals surface area contributed by atoms with Crippen LogP contribution in [-0.4, -0.2) is 4.98 Å². The smallest absolute Gasteiger partial charge is 0.215 e. The second-order valence-electron chi connectivity index (χ2n) is 1.61. The fourth-order valence-corrected chi connectivity index (χ4v) is 0.520. The fraction of sp³-hybridized carbons (Fsp3) is 0. The van der Waals surface area contributed by atoms with Crippen LogP contribution < -0.4 is 11.3 Å². The molecule has 3 N–H and O–H groups in total. The molecular formula is C5H5F2N3. The van der Waals surface area contributed by atoms with Crippen LogP contribution in [0.15, 0.2) is 12.1 Å². The topological polar surface area (TPSA) is 50.9 Å². The molecule has 0 aliphatic carbocycles. The van der Waals surface area contributed by atoms with Gasteiger partial charge in [0.1, 0.15) is 0 Å². The van der Waals surface area contributed by atoms with Gasteiger partial charge in [-0.25, -0.2) is 10.2 Å². The van der Waals surface area contributed by atoms with Crippen LogP contribution in [0.3, 0.4) is 0 Å². The molecule has 0 unspecified atom stereocenters. The lowest BCUT2D eigenvalue weighted by molar-refractivity contribution is 0.563. The zero-order valence-electron chi connectivity index (χ0n) is 4.94. The Morgan fingerprint density at radius 1 is 1.40 bits per heavy atom. The Labute approximate surface area is 55.8 Å². The van der Waals surface area contributed by atoms with Gasteiger partial charge in [0.15, 0.2) is 11.6 Å². The van der Waals surface area contributed by atoms with Crippen molar-refractivity contribution in [2.75, 3.05) is 5.43 Å². The van der Waals surface area contributed by atoms with Crippen molar-refractivity contribution in [1.82, 2.24) is 4.98 Å². The van der Waals surface area contributed by atoms with Crippen molar-refractivity contribution >= 4 is 5.82 Å². The van der Waals surface area contributed by atoms with Crippen molar-refractivity contribution < 1.29 is 8.78 Å². The third kappa shape index (κ3) is 1.19. The van der Waals surface area contributed by atoms with E-state index >= 15 is 0 Å². The highest BCUT2D eigenvalue weighted by atomic mass is 19.1. The summed E-state index contributed by atoms with van der Waals surface area (Å²) in [6.45, 7) is 0. The number of nitrogens with one attached hydrogen (secondary N) is 1. The van der Waals surface area contributed by atoms with E-state index in [1.165, 1.54) is 0 Å². The van der Waals surface area contributed by atoms with Gasteiger partial charge in [-0.15, -0.1) is 0 Å². The molecule has 0 saturated carbocycles. The number of halogens is 2. The molecule has 0 aliphatic rings. The molecule has 5 heteroatoms. The van der Waals surface area contributed by atoms with Crippen molar-refractivity contribution in [3.05, 3.63) is 23.9 Å². The van der Waals surface area contributed by atoms with Gasteiger partial charge in [0.05, 0.1) is 0 Å². The lowest BCUT2D eigenvalue weighted by atomic mass is 10.4. The molecule has 0 atom stereocenters. The van der Waals surface area contributed by atoms with Gasteiger partial charge in [0.25, 0.3) is 0 Å². The van der Waals surface area contributed by atoms with E-state index in [2.05, 4.69) is 4.98 Å². The quantitative estimate of drug-likeness (QED) is 0.346. The van der Waals surface area contributed by atoms with Gasteiger partial charge < -0.3 is 5.43 Å². The summed E-state index contributed by atoms with van der Waals surface area (Å²) < 4.78 is 24.6. The first-order valence-electron chi connectivity index (χ1n) is 2.52. The number of hydrogen-bond donors (Lipinski definition) is 2. The van der Waals surface area contributed by atoms with Crippen LogP contribution in [0.25, 0.3) is 0 Å². The SMILES string of the molecule is NNc1nc(F)ccc1F. The minimum Gasteiger partial charge on any atom is -0.306 e. The van der Waals surface area contributed by atoms with Crippen molar-refractivity contribution in [2.24, 2.45) is 5.84 Å². The Kier molecular flexibility index (Phi) is 1.77. The number of aromatic nitrogens is 1. The predicted molar refractivity (Wildman–Crippen MR) is 32.0 cm³/mol. The third-order valence-corrected chi connectivity index (χ3v) is 0.949. The summed E-state index contributed by atoms with van der Waals surface area (Å²) in [5.41, 5.74) is 1.91. The predicted octanol–water partition coefficient (Wildman–Crippen LogP) is 0.645. The highest BCUT2D eigenvalue weighted by molar-refractivity contribution is 5.33. The second-order valence-corrected chi connectivity index (χ2v) is 1.61. The molecule has 1 aromatic heterocycles. The lowest BCUT2D eigenvalue weighted by Gasteiger charge is -1.98. The molecule has 0 radical (unpaired) electrons. The van der Waals surface area contributed by atoms with Gasteiger partial charge >= 0.3 is 0 Å². The summed E-state index contributed by atoms with van der Waals surface area (Å²) in [6, 6.07) is 1.85. The molecule has 1 rings (SSSR count). The highest BCUT2D eigenvalue weighted by Crippen LogP contribution is 2.08. The molecule has 0 spiro atoms. The summed E-state index contributed by atoms with van der Waals surface area (Å²) in [5, 5.41) is 0. The van der Waals surface area contributed by atoms with Crippen LogP contribution in [0.2, 0.25) is 0 Å². The summed E-state index contributed by atoms with van der Waals surface area (Å²) in [4.78, 5) is 3.11. The van der Waals surface area contributed by atoms with Gasteiger partial charge in [0, 0.05) is 0 Å². The zero-order chi connectivity index (χ0) is 7.56. The first-order chi connectivity index (χ1) is 4.74. The summed E-state index contributed by atoms with van der Waals surface area (Å²) in [7, 11) is 0. The standard InChI is InChI=1S/C5H5F2N3/c6-3-1-2-4(7)9-5(3)10-8/h1-2H,8H2,(H,9,10). The number of nitrogens with zero attached hydrogens (tertiary/aromatic N) is 1. The van der Waals surface area contributed by atoms with Crippen LogP contribution in [0.4, 0.5) is 14.6 Å². The summed E-state index contributed by atoms with van der Waals surface area (Å²) in [6.07, 6.45) is 0. The van der Waals surface area contributed by atoms with Gasteiger partial charge in [-0.1, -0.05) is 0 Å². The third-order valence-electron chi connectivity index (χ3n) is 0.949. The molecule has 0 amide bonds. The number of nitrogens with two attached hydrogens (primary N) is 1. The Morgan fingerprint density at radius 3 is 2.60 bits per heavy atom. The summed E-state index contributed by atoms with van der Waals surface area (Å²) in [5.74, 6) is 3.06. The van der Waals surface area contributed by atoms with Crippen LogP contribution in [-0.2, 0) is 0 Å². The van der Waals surface area contributed by atoms with E-state index in [9.17, 15) is 8.78 Å². The lowest BCUT2D eigenvalue weighted by Crippen LogP contribution is -2.10. The number of anilines is 1. The van der Waals surface area contributed by atoms with Crippen LogP contribution in [0, 0.1) is 11.8 Å². The molecule has 3 nitrogen and oxygen atoms in total. The number of hydrogen-bond acceptors (Lipinski definition) is 3. The van der Waals surface area contributed by atoms with Gasteiger partial charge in [-0.2, -0.15) is 9.37 Å². The maximum atomic E-state index is 12.4. The van der Waals surface area contributed by atoms with Crippen molar-refractivity contribution in [3.63, 3.8) is 0 Å². The largest absolute Gasteiger partial charge is 0.306 e. The van der Waals surface area contributed by atoms with E-state index in [0.29, 0.717) is 0 Å². The van der Waals surface area contributed by atoms with E-state index in [-0.39, 0.29) is 5.82 Å². The van der Waals surface area contributed by atoms with E-state index < -0.39 is 11.8 Å². The number of nitrogen functional groups attached to an aromatic ring is 1. The average molecular weight is 145 g/mol. The molecule has 1 aromatic rings. The van der Waals surface area contributed by atoms with Crippen molar-refractivity contribution in [1.29, 1.82) is 0 Å². The van der Waals surface area contributed by atoms with Gasteiger partial charge in [-0.3, -0.25) is 0 Å². The fourth-order valence-electron chi connectivity index (χ4n) is 0.520. The Bertz CT molecular complexity index is 238. The molecule has 0 saturated heterocycles. The number of pyridine rings is 1. The Morgan fingerprint density at radius 2 is 2.10 bits per heavy atom. The molecule has 0 bridgehead atoms. The minimum atomic E-state index is -0.769. The van der Waals surface area contributed by atoms with Crippen LogP contribution >= 0.6 is 0 Å². The van der Waals surface area contributed by atoms with E-state index in [0.717, 1.165) is 12.1 Å². The Hall–Kier alpha value is -1.23. The zero-order valence-corrected chi connectivity index (χ0v) is 4.94. The van der Waals surface area contributed by atoms with Crippen LogP contribution in [0.1, 0.15) is 0 Å². The normalized spacial score (nSPS) is 9.50. The minimum absolute atomic E-state index is 0.292. The molecule has 10 heavy (non-hydrogen) atoms. The second kappa shape index (κ2) is 2.57. The first-order valence-corrected chi connectivity index (χ1v) is 2.52. The van der Waals surface area contributed by atoms with Crippen molar-refractivity contribution in [2.45, 2.75) is 0 Å². The number of rotatable bonds is 1. The molecule has 1 heterocycles. The monoisotopic (exact) mass is 145 g/mol. The van der Waals surface area contributed by atoms with Gasteiger partial charge in [-0.05, 0) is 12.1 Å². The van der Waals surface area contributed by atoms with E-state index in [1.807, 2.05) is 5.43 Å². The summed E-state index contributed by atoms with van der Waals surface area (Å²) >= 11 is 0. The molecule has 0 fully saturated rings. The van der Waals surface area contributed by atoms with Crippen LogP contribution in [0.5, 0.6) is 0 Å². The number of hydrazine groups is 1. The molecular weight excluding hydrogens is 140 g/mol.